The van der Waals surface area contributed by atoms with E-state index >= 15 is 0 Å². The molecule has 0 bridgehead atoms. The molecular weight excluding hydrogens is 266 g/mol. The lowest BCUT2D eigenvalue weighted by Gasteiger charge is -2.29. The Morgan fingerprint density at radius 3 is 3.00 bits per heavy atom. The van der Waals surface area contributed by atoms with Crippen LogP contribution >= 0.6 is 0 Å². The Bertz CT molecular complexity index is 512. The Morgan fingerprint density at radius 1 is 1.53 bits per heavy atom. The summed E-state index contributed by atoms with van der Waals surface area (Å²) in [7, 11) is -3.41. The van der Waals surface area contributed by atoms with Crippen molar-refractivity contribution in [2.24, 2.45) is 5.92 Å². The molecule has 1 aromatic heterocycles. The van der Waals surface area contributed by atoms with Crippen LogP contribution in [0.5, 0.6) is 0 Å². The summed E-state index contributed by atoms with van der Waals surface area (Å²) in [6.45, 7) is 3.86. The van der Waals surface area contributed by atoms with Gasteiger partial charge in [-0.3, -0.25) is 4.68 Å². The van der Waals surface area contributed by atoms with Crippen molar-refractivity contribution < 1.29 is 13.5 Å². The van der Waals surface area contributed by atoms with Crippen molar-refractivity contribution in [3.63, 3.8) is 0 Å². The van der Waals surface area contributed by atoms with Gasteiger partial charge in [0.25, 0.3) is 0 Å². The Hall–Kier alpha value is -0.920. The molecule has 1 N–H and O–H groups in total. The molecule has 1 unspecified atom stereocenters. The molecular formula is C12H21N3O3S. The van der Waals surface area contributed by atoms with E-state index in [2.05, 4.69) is 12.0 Å². The predicted octanol–water partition coefficient (Wildman–Crippen LogP) is 0.686. The Kier molecular flexibility index (Phi) is 4.59. The molecule has 0 aromatic carbocycles. The predicted molar refractivity (Wildman–Crippen MR) is 71.1 cm³/mol. The number of sulfonamides is 1. The van der Waals surface area contributed by atoms with Crippen LogP contribution in [0.2, 0.25) is 0 Å². The van der Waals surface area contributed by atoms with E-state index in [9.17, 15) is 8.42 Å². The first-order valence-electron chi connectivity index (χ1n) is 6.67. The zero-order valence-corrected chi connectivity index (χ0v) is 12.0. The molecule has 1 fully saturated rings. The number of hydrogen-bond donors (Lipinski definition) is 1. The number of hydrogen-bond acceptors (Lipinski definition) is 4. The fourth-order valence-electron chi connectivity index (χ4n) is 2.35. The Balaban J connectivity index is 2.12. The lowest BCUT2D eigenvalue weighted by Crippen LogP contribution is -2.38. The number of rotatable bonds is 5. The van der Waals surface area contributed by atoms with E-state index in [0.29, 0.717) is 32.0 Å². The van der Waals surface area contributed by atoms with Gasteiger partial charge in [-0.05, 0) is 25.2 Å². The number of nitrogens with zero attached hydrogens (tertiary/aromatic N) is 3. The largest absolute Gasteiger partial charge is 0.396 e. The molecule has 108 valence electrons. The van der Waals surface area contributed by atoms with Gasteiger partial charge >= 0.3 is 0 Å². The van der Waals surface area contributed by atoms with Crippen molar-refractivity contribution in [2.45, 2.75) is 37.6 Å². The summed E-state index contributed by atoms with van der Waals surface area (Å²) in [6.07, 6.45) is 5.51. The molecule has 2 heterocycles. The van der Waals surface area contributed by atoms with Crippen LogP contribution in [0.25, 0.3) is 0 Å². The van der Waals surface area contributed by atoms with Crippen molar-refractivity contribution in [1.29, 1.82) is 0 Å². The minimum atomic E-state index is -3.41. The maximum Gasteiger partial charge on any atom is 0.246 e. The first kappa shape index (κ1) is 14.5. The average molecular weight is 287 g/mol. The SMILES string of the molecule is CC1CCCN(S(=O)(=O)c2cnn(CCCO)c2)C1. The van der Waals surface area contributed by atoms with Gasteiger partial charge in [0.05, 0.1) is 6.20 Å². The molecule has 1 aromatic rings. The first-order valence-corrected chi connectivity index (χ1v) is 8.11. The van der Waals surface area contributed by atoms with Crippen LogP contribution in [0.3, 0.4) is 0 Å². The zero-order chi connectivity index (χ0) is 13.9. The lowest BCUT2D eigenvalue weighted by atomic mass is 10.0. The first-order chi connectivity index (χ1) is 9.04. The maximum absolute atomic E-state index is 12.4. The molecule has 0 spiro atoms. The van der Waals surface area contributed by atoms with Crippen LogP contribution < -0.4 is 0 Å². The number of aromatic nitrogens is 2. The standard InChI is InChI=1S/C12H21N3O3S/c1-11-4-2-6-15(9-11)19(17,18)12-8-13-14(10-12)5-3-7-16/h8,10-11,16H,2-7,9H2,1H3. The van der Waals surface area contributed by atoms with E-state index in [1.54, 1.807) is 15.2 Å². The summed E-state index contributed by atoms with van der Waals surface area (Å²) >= 11 is 0. The fourth-order valence-corrected chi connectivity index (χ4v) is 3.90. The van der Waals surface area contributed by atoms with Gasteiger partial charge in [0.2, 0.25) is 10.0 Å². The second kappa shape index (κ2) is 6.02. The highest BCUT2D eigenvalue weighted by Crippen LogP contribution is 2.22. The third kappa shape index (κ3) is 3.34. The smallest absolute Gasteiger partial charge is 0.246 e. The van der Waals surface area contributed by atoms with Gasteiger partial charge in [0.15, 0.2) is 0 Å². The third-order valence-corrected chi connectivity index (χ3v) is 5.23. The molecule has 1 aliphatic rings. The van der Waals surface area contributed by atoms with E-state index in [4.69, 9.17) is 5.11 Å². The highest BCUT2D eigenvalue weighted by Gasteiger charge is 2.29. The molecule has 0 saturated carbocycles. The Labute approximate surface area is 114 Å². The average Bonchev–Trinajstić information content (AvgIpc) is 2.86. The molecule has 1 saturated heterocycles. The lowest BCUT2D eigenvalue weighted by molar-refractivity contribution is 0.276. The van der Waals surface area contributed by atoms with E-state index in [1.807, 2.05) is 0 Å². The number of piperidine rings is 1. The molecule has 19 heavy (non-hydrogen) atoms. The zero-order valence-electron chi connectivity index (χ0n) is 11.2. The second-order valence-corrected chi connectivity index (χ2v) is 7.06. The summed E-state index contributed by atoms with van der Waals surface area (Å²) in [6, 6.07) is 0. The quantitative estimate of drug-likeness (QED) is 0.864. The van der Waals surface area contributed by atoms with Gasteiger partial charge in [-0.15, -0.1) is 0 Å². The minimum Gasteiger partial charge on any atom is -0.396 e. The summed E-state index contributed by atoms with van der Waals surface area (Å²) in [4.78, 5) is 0.250. The van der Waals surface area contributed by atoms with Gasteiger partial charge in [0.1, 0.15) is 4.90 Å². The van der Waals surface area contributed by atoms with E-state index < -0.39 is 10.0 Å². The summed E-state index contributed by atoms with van der Waals surface area (Å²) in [5, 5.41) is 12.8. The molecule has 1 atom stereocenters. The van der Waals surface area contributed by atoms with Crippen LogP contribution in [0.4, 0.5) is 0 Å². The van der Waals surface area contributed by atoms with Crippen LogP contribution in [0, 0.1) is 5.92 Å². The van der Waals surface area contributed by atoms with Gasteiger partial charge in [-0.1, -0.05) is 6.92 Å². The monoisotopic (exact) mass is 287 g/mol. The number of aliphatic hydroxyl groups is 1. The van der Waals surface area contributed by atoms with Crippen molar-refractivity contribution >= 4 is 10.0 Å². The normalized spacial score (nSPS) is 21.7. The molecule has 0 radical (unpaired) electrons. The van der Waals surface area contributed by atoms with Gasteiger partial charge in [0, 0.05) is 32.4 Å². The van der Waals surface area contributed by atoms with Gasteiger partial charge < -0.3 is 5.11 Å². The third-order valence-electron chi connectivity index (χ3n) is 3.41. The van der Waals surface area contributed by atoms with Crippen molar-refractivity contribution in [3.05, 3.63) is 12.4 Å². The van der Waals surface area contributed by atoms with Crippen LogP contribution in [0.15, 0.2) is 17.3 Å². The van der Waals surface area contributed by atoms with Crippen molar-refractivity contribution in [2.75, 3.05) is 19.7 Å². The van der Waals surface area contributed by atoms with E-state index in [-0.39, 0.29) is 11.5 Å². The van der Waals surface area contributed by atoms with E-state index in [0.717, 1.165) is 12.8 Å². The molecule has 1 aliphatic heterocycles. The van der Waals surface area contributed by atoms with Crippen molar-refractivity contribution in [1.82, 2.24) is 14.1 Å². The van der Waals surface area contributed by atoms with Gasteiger partial charge in [-0.25, -0.2) is 8.42 Å². The topological polar surface area (TPSA) is 75.4 Å². The van der Waals surface area contributed by atoms with Crippen molar-refractivity contribution in [3.8, 4) is 0 Å². The summed E-state index contributed by atoms with van der Waals surface area (Å²) in [5.41, 5.74) is 0. The van der Waals surface area contributed by atoms with Crippen LogP contribution in [0.1, 0.15) is 26.2 Å². The fraction of sp³-hybridized carbons (Fsp3) is 0.750. The minimum absolute atomic E-state index is 0.0750. The summed E-state index contributed by atoms with van der Waals surface area (Å²) < 4.78 is 28.0. The second-order valence-electron chi connectivity index (χ2n) is 5.13. The molecule has 0 amide bonds. The maximum atomic E-state index is 12.4. The molecule has 0 aliphatic carbocycles. The Morgan fingerprint density at radius 2 is 2.32 bits per heavy atom. The van der Waals surface area contributed by atoms with Crippen LogP contribution in [-0.2, 0) is 16.6 Å². The number of aryl methyl sites for hydroxylation is 1. The highest BCUT2D eigenvalue weighted by atomic mass is 32.2. The molecule has 6 nitrogen and oxygen atoms in total. The molecule has 2 rings (SSSR count). The summed E-state index contributed by atoms with van der Waals surface area (Å²) in [5.74, 6) is 0.410. The molecule has 7 heteroatoms. The van der Waals surface area contributed by atoms with E-state index in [1.165, 1.54) is 6.20 Å². The van der Waals surface area contributed by atoms with Crippen LogP contribution in [-0.4, -0.2) is 47.3 Å². The highest BCUT2D eigenvalue weighted by molar-refractivity contribution is 7.89. The number of aliphatic hydroxyl groups excluding tert-OH is 1. The van der Waals surface area contributed by atoms with Gasteiger partial charge in [-0.2, -0.15) is 9.40 Å².